The van der Waals surface area contributed by atoms with Gasteiger partial charge in [-0.1, -0.05) is 60.1 Å². The van der Waals surface area contributed by atoms with Crippen LogP contribution in [-0.4, -0.2) is 36.4 Å². The van der Waals surface area contributed by atoms with Crippen molar-refractivity contribution in [2.24, 2.45) is 0 Å². The molecule has 7 heteroatoms. The quantitative estimate of drug-likeness (QED) is 0.526. The minimum absolute atomic E-state index is 0.135. The lowest BCUT2D eigenvalue weighted by atomic mass is 10.0. The van der Waals surface area contributed by atoms with Crippen LogP contribution in [0.5, 0.6) is 5.75 Å². The minimum Gasteiger partial charge on any atom is -0.484 e. The molecule has 3 aromatic carbocycles. The van der Waals surface area contributed by atoms with Crippen LogP contribution in [0.1, 0.15) is 11.1 Å². The van der Waals surface area contributed by atoms with Crippen LogP contribution in [0.25, 0.3) is 0 Å². The number of carbonyl (C=O) groups is 2. The largest absolute Gasteiger partial charge is 0.484 e. The van der Waals surface area contributed by atoms with Gasteiger partial charge in [-0.25, -0.2) is 4.39 Å². The standard InChI is InChI=1S/C25H24ClFN2O3/c1-28-25(31)23(15-18-7-3-2-4-8-18)29(16-19-9-5-6-10-22(19)26)24(30)17-32-21-13-11-20(27)12-14-21/h2-14,23H,15-17H2,1H3,(H,28,31)/t23-/m0/s1. The zero-order valence-corrected chi connectivity index (χ0v) is 18.4. The molecule has 0 aliphatic rings. The van der Waals surface area contributed by atoms with Gasteiger partial charge in [0.25, 0.3) is 5.91 Å². The Balaban J connectivity index is 1.87. The number of nitrogens with one attached hydrogen (secondary N) is 1. The molecule has 0 aliphatic heterocycles. The first-order valence-electron chi connectivity index (χ1n) is 10.1. The van der Waals surface area contributed by atoms with Gasteiger partial charge in [0.15, 0.2) is 6.61 Å². The van der Waals surface area contributed by atoms with E-state index < -0.39 is 17.8 Å². The average Bonchev–Trinajstić information content (AvgIpc) is 2.82. The number of likely N-dealkylation sites (N-methyl/N-ethyl adjacent to an activating group) is 1. The van der Waals surface area contributed by atoms with E-state index in [4.69, 9.17) is 16.3 Å². The van der Waals surface area contributed by atoms with Crippen molar-refractivity contribution in [3.8, 4) is 5.75 Å². The van der Waals surface area contributed by atoms with Crippen LogP contribution in [0, 0.1) is 5.82 Å². The maximum Gasteiger partial charge on any atom is 0.261 e. The van der Waals surface area contributed by atoms with Crippen molar-refractivity contribution in [2.75, 3.05) is 13.7 Å². The van der Waals surface area contributed by atoms with Gasteiger partial charge in [-0.3, -0.25) is 9.59 Å². The first kappa shape index (κ1) is 23.3. The number of carbonyl (C=O) groups excluding carboxylic acids is 2. The van der Waals surface area contributed by atoms with Gasteiger partial charge >= 0.3 is 0 Å². The van der Waals surface area contributed by atoms with Crippen LogP contribution in [-0.2, 0) is 22.6 Å². The van der Waals surface area contributed by atoms with Gasteiger partial charge in [0, 0.05) is 25.0 Å². The third-order valence-corrected chi connectivity index (χ3v) is 5.36. The summed E-state index contributed by atoms with van der Waals surface area (Å²) in [6, 6.07) is 21.3. The maximum absolute atomic E-state index is 13.3. The van der Waals surface area contributed by atoms with E-state index in [0.717, 1.165) is 5.56 Å². The summed E-state index contributed by atoms with van der Waals surface area (Å²) in [5.41, 5.74) is 1.63. The Morgan fingerprint density at radius 1 is 1.00 bits per heavy atom. The van der Waals surface area contributed by atoms with E-state index in [9.17, 15) is 14.0 Å². The summed E-state index contributed by atoms with van der Waals surface area (Å²) >= 11 is 6.33. The smallest absolute Gasteiger partial charge is 0.261 e. The van der Waals surface area contributed by atoms with Crippen molar-refractivity contribution in [3.63, 3.8) is 0 Å². The van der Waals surface area contributed by atoms with Crippen molar-refractivity contribution in [2.45, 2.75) is 19.0 Å². The number of halogens is 2. The van der Waals surface area contributed by atoms with Gasteiger partial charge in [-0.15, -0.1) is 0 Å². The third kappa shape index (κ3) is 6.31. The summed E-state index contributed by atoms with van der Waals surface area (Å²) in [7, 11) is 1.54. The minimum atomic E-state index is -0.775. The van der Waals surface area contributed by atoms with E-state index in [1.807, 2.05) is 42.5 Å². The number of hydrogen-bond acceptors (Lipinski definition) is 3. The van der Waals surface area contributed by atoms with Gasteiger partial charge in [-0.05, 0) is 41.5 Å². The molecule has 0 aliphatic carbocycles. The molecule has 166 valence electrons. The second-order valence-electron chi connectivity index (χ2n) is 7.18. The van der Waals surface area contributed by atoms with Gasteiger partial charge in [0.2, 0.25) is 5.91 Å². The van der Waals surface area contributed by atoms with Crippen LogP contribution in [0.3, 0.4) is 0 Å². The molecular formula is C25H24ClFN2O3. The molecule has 32 heavy (non-hydrogen) atoms. The summed E-state index contributed by atoms with van der Waals surface area (Å²) in [6.45, 7) is -0.172. The number of nitrogens with zero attached hydrogens (tertiary/aromatic N) is 1. The van der Waals surface area contributed by atoms with E-state index in [0.29, 0.717) is 22.8 Å². The van der Waals surface area contributed by atoms with Gasteiger partial charge < -0.3 is 15.0 Å². The molecule has 1 N–H and O–H groups in total. The predicted octanol–water partition coefficient (Wildman–Crippen LogP) is 4.24. The van der Waals surface area contributed by atoms with Crippen LogP contribution < -0.4 is 10.1 Å². The highest BCUT2D eigenvalue weighted by atomic mass is 35.5. The third-order valence-electron chi connectivity index (χ3n) is 4.99. The highest BCUT2D eigenvalue weighted by Crippen LogP contribution is 2.21. The number of benzene rings is 3. The lowest BCUT2D eigenvalue weighted by Gasteiger charge is -2.31. The highest BCUT2D eigenvalue weighted by molar-refractivity contribution is 6.31. The summed E-state index contributed by atoms with van der Waals surface area (Å²) in [4.78, 5) is 27.6. The molecule has 0 heterocycles. The molecule has 3 rings (SSSR count). The predicted molar refractivity (Wildman–Crippen MR) is 122 cm³/mol. The molecule has 3 aromatic rings. The van der Waals surface area contributed by atoms with E-state index in [1.54, 1.807) is 12.1 Å². The number of hydrogen-bond donors (Lipinski definition) is 1. The number of amides is 2. The van der Waals surface area contributed by atoms with Crippen molar-refractivity contribution in [1.82, 2.24) is 10.2 Å². The fourth-order valence-electron chi connectivity index (χ4n) is 3.29. The first-order chi connectivity index (χ1) is 15.5. The fraction of sp³-hybridized carbons (Fsp3) is 0.200. The summed E-state index contributed by atoms with van der Waals surface area (Å²) < 4.78 is 18.7. The molecule has 0 spiro atoms. The fourth-order valence-corrected chi connectivity index (χ4v) is 3.49. The summed E-state index contributed by atoms with van der Waals surface area (Å²) in [5, 5.41) is 3.15. The topological polar surface area (TPSA) is 58.6 Å². The van der Waals surface area contributed by atoms with Crippen LogP contribution in [0.15, 0.2) is 78.9 Å². The second kappa shape index (κ2) is 11.3. The molecule has 0 unspecified atom stereocenters. The molecule has 1 atom stereocenters. The normalized spacial score (nSPS) is 11.5. The Bertz CT molecular complexity index is 1040. The molecule has 0 saturated carbocycles. The lowest BCUT2D eigenvalue weighted by Crippen LogP contribution is -2.51. The number of ether oxygens (including phenoxy) is 1. The van der Waals surface area contributed by atoms with Crippen LogP contribution in [0.4, 0.5) is 4.39 Å². The highest BCUT2D eigenvalue weighted by Gasteiger charge is 2.30. The molecule has 0 aromatic heterocycles. The average molecular weight is 455 g/mol. The molecule has 2 amide bonds. The first-order valence-corrected chi connectivity index (χ1v) is 10.5. The molecular weight excluding hydrogens is 431 g/mol. The maximum atomic E-state index is 13.3. The number of rotatable bonds is 9. The molecule has 0 radical (unpaired) electrons. The Morgan fingerprint density at radius 2 is 1.66 bits per heavy atom. The van der Waals surface area contributed by atoms with Crippen molar-refractivity contribution >= 4 is 23.4 Å². The van der Waals surface area contributed by atoms with Crippen molar-refractivity contribution in [3.05, 3.63) is 101 Å². The van der Waals surface area contributed by atoms with Gasteiger partial charge in [0.1, 0.15) is 17.6 Å². The van der Waals surface area contributed by atoms with Crippen molar-refractivity contribution in [1.29, 1.82) is 0 Å². The van der Waals surface area contributed by atoms with Gasteiger partial charge in [-0.2, -0.15) is 0 Å². The summed E-state index contributed by atoms with van der Waals surface area (Å²) in [6.07, 6.45) is 0.327. The molecule has 5 nitrogen and oxygen atoms in total. The van der Waals surface area contributed by atoms with E-state index in [1.165, 1.54) is 36.2 Å². The van der Waals surface area contributed by atoms with Crippen LogP contribution in [0.2, 0.25) is 5.02 Å². The Morgan fingerprint density at radius 3 is 2.31 bits per heavy atom. The van der Waals surface area contributed by atoms with E-state index in [2.05, 4.69) is 5.32 Å². The molecule has 0 fully saturated rings. The molecule has 0 saturated heterocycles. The van der Waals surface area contributed by atoms with Gasteiger partial charge in [0.05, 0.1) is 0 Å². The Kier molecular flexibility index (Phi) is 8.22. The summed E-state index contributed by atoms with van der Waals surface area (Å²) in [5.74, 6) is -0.724. The lowest BCUT2D eigenvalue weighted by molar-refractivity contribution is -0.142. The second-order valence-corrected chi connectivity index (χ2v) is 7.58. The monoisotopic (exact) mass is 454 g/mol. The zero-order chi connectivity index (χ0) is 22.9. The van der Waals surface area contributed by atoms with Crippen LogP contribution >= 0.6 is 11.6 Å². The SMILES string of the molecule is CNC(=O)[C@H](Cc1ccccc1)N(Cc1ccccc1Cl)C(=O)COc1ccc(F)cc1. The zero-order valence-electron chi connectivity index (χ0n) is 17.6. The van der Waals surface area contributed by atoms with E-state index in [-0.39, 0.29) is 19.1 Å². The molecule has 0 bridgehead atoms. The Hall–Kier alpha value is -3.38. The van der Waals surface area contributed by atoms with Crippen molar-refractivity contribution < 1.29 is 18.7 Å². The Labute approximate surface area is 191 Å². The van der Waals surface area contributed by atoms with E-state index >= 15 is 0 Å².